The van der Waals surface area contributed by atoms with Crippen LogP contribution in [0.1, 0.15) is 49.3 Å². The molecule has 4 rings (SSSR count). The van der Waals surface area contributed by atoms with Gasteiger partial charge in [0.2, 0.25) is 15.9 Å². The molecule has 3 aliphatic rings. The minimum absolute atomic E-state index is 0.0238. The monoisotopic (exact) mass is 413 g/mol. The molecule has 3 atom stereocenters. The van der Waals surface area contributed by atoms with Crippen molar-refractivity contribution in [2.45, 2.75) is 60.9 Å². The van der Waals surface area contributed by atoms with Crippen molar-refractivity contribution in [2.24, 2.45) is 5.92 Å². The standard InChI is InChI=1S/C18H23NO6S2/c20-18(10-13-4-3-6-15(25-13)12-8-9-12)19-27(23,24)17-11-26(21,22)16-7-2-1-5-14(16)17/h1-2,5,7,12-13,15,17H,3-4,6,8-11H2,(H,19,20)/t13-,15+,17?/m0/s1. The Morgan fingerprint density at radius 1 is 1.15 bits per heavy atom. The Kier molecular flexibility index (Phi) is 4.80. The summed E-state index contributed by atoms with van der Waals surface area (Å²) in [6.07, 6.45) is 4.90. The maximum atomic E-state index is 12.7. The highest BCUT2D eigenvalue weighted by Gasteiger charge is 2.43. The highest BCUT2D eigenvalue weighted by molar-refractivity contribution is 7.95. The second-order valence-corrected chi connectivity index (χ2v) is 11.5. The SMILES string of the molecule is O=C(C[C@@H]1CCC[C@H](C2CC2)O1)NS(=O)(=O)C1CS(=O)(=O)c2ccccc21. The van der Waals surface area contributed by atoms with Crippen LogP contribution in [0.2, 0.25) is 0 Å². The molecule has 1 N–H and O–H groups in total. The smallest absolute Gasteiger partial charge is 0.243 e. The first-order chi connectivity index (χ1) is 12.8. The van der Waals surface area contributed by atoms with Crippen molar-refractivity contribution >= 4 is 25.8 Å². The Morgan fingerprint density at radius 2 is 1.89 bits per heavy atom. The molecule has 0 aromatic heterocycles. The second kappa shape index (κ2) is 6.86. The second-order valence-electron chi connectivity index (χ2n) is 7.65. The maximum Gasteiger partial charge on any atom is 0.243 e. The van der Waals surface area contributed by atoms with Gasteiger partial charge in [0.25, 0.3) is 0 Å². The average Bonchev–Trinajstić information content (AvgIpc) is 3.40. The van der Waals surface area contributed by atoms with E-state index in [-0.39, 0.29) is 29.1 Å². The molecular weight excluding hydrogens is 390 g/mol. The third kappa shape index (κ3) is 3.90. The average molecular weight is 414 g/mol. The van der Waals surface area contributed by atoms with Gasteiger partial charge in [-0.05, 0) is 49.7 Å². The Bertz CT molecular complexity index is 952. The van der Waals surface area contributed by atoms with Crippen LogP contribution in [0, 0.1) is 5.92 Å². The fourth-order valence-corrected chi connectivity index (χ4v) is 8.06. The van der Waals surface area contributed by atoms with Crippen LogP contribution in [0.3, 0.4) is 0 Å². The predicted octanol–water partition coefficient (Wildman–Crippen LogP) is 1.70. The van der Waals surface area contributed by atoms with Gasteiger partial charge in [-0.15, -0.1) is 0 Å². The van der Waals surface area contributed by atoms with Crippen molar-refractivity contribution in [3.63, 3.8) is 0 Å². The normalized spacial score (nSPS) is 29.9. The van der Waals surface area contributed by atoms with Gasteiger partial charge in [0.15, 0.2) is 9.84 Å². The molecular formula is C18H23NO6S2. The number of carbonyl (C=O) groups excluding carboxylic acids is 1. The summed E-state index contributed by atoms with van der Waals surface area (Å²) in [6, 6.07) is 6.03. The van der Waals surface area contributed by atoms with Crippen LogP contribution in [-0.4, -0.2) is 40.7 Å². The summed E-state index contributed by atoms with van der Waals surface area (Å²) in [7, 11) is -7.81. The Labute approximate surface area is 159 Å². The van der Waals surface area contributed by atoms with E-state index < -0.39 is 36.8 Å². The molecule has 1 saturated carbocycles. The van der Waals surface area contributed by atoms with Crippen molar-refractivity contribution in [3.05, 3.63) is 29.8 Å². The van der Waals surface area contributed by atoms with E-state index in [1.807, 2.05) is 0 Å². The molecule has 148 valence electrons. The molecule has 9 heteroatoms. The van der Waals surface area contributed by atoms with E-state index in [4.69, 9.17) is 4.74 Å². The summed E-state index contributed by atoms with van der Waals surface area (Å²) >= 11 is 0. The summed E-state index contributed by atoms with van der Waals surface area (Å²) in [6.45, 7) is 0. The van der Waals surface area contributed by atoms with Gasteiger partial charge in [0, 0.05) is 0 Å². The van der Waals surface area contributed by atoms with Crippen molar-refractivity contribution in [2.75, 3.05) is 5.75 Å². The van der Waals surface area contributed by atoms with Crippen LogP contribution < -0.4 is 4.72 Å². The predicted molar refractivity (Wildman–Crippen MR) is 98.2 cm³/mol. The number of hydrogen-bond donors (Lipinski definition) is 1. The van der Waals surface area contributed by atoms with Gasteiger partial charge in [-0.1, -0.05) is 18.2 Å². The summed E-state index contributed by atoms with van der Waals surface area (Å²) in [5.74, 6) is -0.600. The largest absolute Gasteiger partial charge is 0.374 e. The van der Waals surface area contributed by atoms with E-state index in [2.05, 4.69) is 4.72 Å². The molecule has 1 aliphatic carbocycles. The minimum atomic E-state index is -4.15. The van der Waals surface area contributed by atoms with Crippen LogP contribution in [-0.2, 0) is 29.4 Å². The lowest BCUT2D eigenvalue weighted by Gasteiger charge is -2.30. The molecule has 0 radical (unpaired) electrons. The molecule has 1 saturated heterocycles. The minimum Gasteiger partial charge on any atom is -0.374 e. The maximum absolute atomic E-state index is 12.7. The van der Waals surface area contributed by atoms with Gasteiger partial charge in [-0.2, -0.15) is 0 Å². The highest BCUT2D eigenvalue weighted by atomic mass is 32.2. The van der Waals surface area contributed by atoms with E-state index >= 15 is 0 Å². The van der Waals surface area contributed by atoms with Crippen LogP contribution in [0.15, 0.2) is 29.2 Å². The molecule has 2 fully saturated rings. The van der Waals surface area contributed by atoms with Gasteiger partial charge in [0.05, 0.1) is 29.3 Å². The summed E-state index contributed by atoms with van der Waals surface area (Å²) < 4.78 is 57.8. The lowest BCUT2D eigenvalue weighted by molar-refractivity contribution is -0.126. The van der Waals surface area contributed by atoms with Crippen LogP contribution in [0.5, 0.6) is 0 Å². The first kappa shape index (κ1) is 18.9. The van der Waals surface area contributed by atoms with Gasteiger partial charge >= 0.3 is 0 Å². The van der Waals surface area contributed by atoms with E-state index in [0.29, 0.717) is 5.92 Å². The van der Waals surface area contributed by atoms with Crippen molar-refractivity contribution < 1.29 is 26.4 Å². The van der Waals surface area contributed by atoms with E-state index in [1.165, 1.54) is 12.1 Å². The van der Waals surface area contributed by atoms with E-state index in [1.54, 1.807) is 12.1 Å². The lowest BCUT2D eigenvalue weighted by Crippen LogP contribution is -2.39. The first-order valence-corrected chi connectivity index (χ1v) is 12.5. The molecule has 2 aliphatic heterocycles. The van der Waals surface area contributed by atoms with Crippen LogP contribution in [0.4, 0.5) is 0 Å². The molecule has 7 nitrogen and oxygen atoms in total. The Hall–Kier alpha value is -1.45. The lowest BCUT2D eigenvalue weighted by atomic mass is 9.99. The fourth-order valence-electron chi connectivity index (χ4n) is 4.04. The number of ether oxygens (including phenoxy) is 1. The van der Waals surface area contributed by atoms with Gasteiger partial charge in [-0.3, -0.25) is 9.52 Å². The molecule has 1 amide bonds. The zero-order valence-electron chi connectivity index (χ0n) is 14.8. The number of nitrogens with one attached hydrogen (secondary N) is 1. The van der Waals surface area contributed by atoms with Crippen molar-refractivity contribution in [1.29, 1.82) is 0 Å². The molecule has 2 heterocycles. The number of amides is 1. The number of rotatable bonds is 5. The molecule has 1 aromatic carbocycles. The quantitative estimate of drug-likeness (QED) is 0.787. The third-order valence-corrected chi connectivity index (χ3v) is 9.25. The number of benzene rings is 1. The van der Waals surface area contributed by atoms with Crippen LogP contribution in [0.25, 0.3) is 0 Å². The molecule has 1 unspecified atom stereocenters. The third-order valence-electron chi connectivity index (χ3n) is 5.55. The van der Waals surface area contributed by atoms with E-state index in [0.717, 1.165) is 32.1 Å². The van der Waals surface area contributed by atoms with Gasteiger partial charge in [0.1, 0.15) is 5.25 Å². The van der Waals surface area contributed by atoms with Crippen molar-refractivity contribution in [3.8, 4) is 0 Å². The Balaban J connectivity index is 1.43. The molecule has 27 heavy (non-hydrogen) atoms. The molecule has 0 spiro atoms. The van der Waals surface area contributed by atoms with Crippen LogP contribution >= 0.6 is 0 Å². The zero-order chi connectivity index (χ0) is 19.2. The number of carbonyl (C=O) groups is 1. The summed E-state index contributed by atoms with van der Waals surface area (Å²) in [4.78, 5) is 12.4. The number of sulfonamides is 1. The zero-order valence-corrected chi connectivity index (χ0v) is 16.5. The Morgan fingerprint density at radius 3 is 2.63 bits per heavy atom. The van der Waals surface area contributed by atoms with E-state index in [9.17, 15) is 21.6 Å². The van der Waals surface area contributed by atoms with Gasteiger partial charge < -0.3 is 4.74 Å². The van der Waals surface area contributed by atoms with Gasteiger partial charge in [-0.25, -0.2) is 16.8 Å². The summed E-state index contributed by atoms with van der Waals surface area (Å²) in [5.41, 5.74) is 0.223. The number of sulfone groups is 1. The molecule has 0 bridgehead atoms. The highest BCUT2D eigenvalue weighted by Crippen LogP contribution is 2.40. The topological polar surface area (TPSA) is 107 Å². The number of hydrogen-bond acceptors (Lipinski definition) is 6. The molecule has 1 aromatic rings. The fraction of sp³-hybridized carbons (Fsp3) is 0.611. The first-order valence-electron chi connectivity index (χ1n) is 9.28. The summed E-state index contributed by atoms with van der Waals surface area (Å²) in [5, 5.41) is -1.27. The number of fused-ring (bicyclic) bond motifs is 1. The van der Waals surface area contributed by atoms with Crippen molar-refractivity contribution in [1.82, 2.24) is 4.72 Å².